The first-order chi connectivity index (χ1) is 15.3. The van der Waals surface area contributed by atoms with Gasteiger partial charge >= 0.3 is 0 Å². The van der Waals surface area contributed by atoms with E-state index in [4.69, 9.17) is 38.9 Å². The van der Waals surface area contributed by atoms with Crippen LogP contribution in [0.3, 0.4) is 0 Å². The summed E-state index contributed by atoms with van der Waals surface area (Å²) in [5.74, 6) is 0.121. The molecule has 1 aromatic carbocycles. The van der Waals surface area contributed by atoms with Gasteiger partial charge in [-0.25, -0.2) is 9.97 Å². The second-order valence-electron chi connectivity index (χ2n) is 7.32. The minimum absolute atomic E-state index is 0.0378. The molecule has 0 aliphatic heterocycles. The van der Waals surface area contributed by atoms with Crippen molar-refractivity contribution in [2.75, 3.05) is 31.7 Å². The third-order valence-corrected chi connectivity index (χ3v) is 5.29. The zero-order valence-corrected chi connectivity index (χ0v) is 19.2. The lowest BCUT2D eigenvalue weighted by molar-refractivity contribution is 0.0937. The summed E-state index contributed by atoms with van der Waals surface area (Å²) in [7, 11) is 1.63. The molecule has 0 aliphatic rings. The summed E-state index contributed by atoms with van der Waals surface area (Å²) in [5.41, 5.74) is 18.3. The molecule has 0 saturated heterocycles. The van der Waals surface area contributed by atoms with E-state index in [2.05, 4.69) is 15.3 Å². The van der Waals surface area contributed by atoms with Gasteiger partial charge in [0.25, 0.3) is 5.91 Å². The van der Waals surface area contributed by atoms with Crippen molar-refractivity contribution in [2.24, 2.45) is 5.73 Å². The van der Waals surface area contributed by atoms with Crippen molar-refractivity contribution < 1.29 is 9.53 Å². The normalized spacial score (nSPS) is 11.6. The van der Waals surface area contributed by atoms with Crippen molar-refractivity contribution in [2.45, 2.75) is 38.6 Å². The Morgan fingerprint density at radius 1 is 1.25 bits per heavy atom. The number of aromatic nitrogens is 2. The highest BCUT2D eigenvalue weighted by Gasteiger charge is 2.22. The average molecular weight is 463 g/mol. The quantitative estimate of drug-likeness (QED) is 0.249. The first kappa shape index (κ1) is 25.0. The number of halogens is 1. The standard InChI is InChI=1S/C21H31ClN8O2/c1-3-5-14(12-27-20(31)16-18(23)29-19(24)17(22)28-16)30(21(25)26)11-4-6-13-7-9-15(32-2)10-8-13/h7-10,14H,3-6,11-12H2,1-2H3,(H3,25,26)(H,27,31)(H4,23,24,29)/t14-/m0/s1. The summed E-state index contributed by atoms with van der Waals surface area (Å²) in [6.07, 6.45) is 3.23. The maximum absolute atomic E-state index is 12.6. The maximum Gasteiger partial charge on any atom is 0.273 e. The molecule has 32 heavy (non-hydrogen) atoms. The molecule has 0 bridgehead atoms. The fourth-order valence-electron chi connectivity index (χ4n) is 3.35. The number of nitrogens with zero attached hydrogens (tertiary/aromatic N) is 3. The number of guanidine groups is 1. The summed E-state index contributed by atoms with van der Waals surface area (Å²) in [6, 6.07) is 7.72. The van der Waals surface area contributed by atoms with Crippen LogP contribution >= 0.6 is 11.6 Å². The van der Waals surface area contributed by atoms with E-state index in [1.54, 1.807) is 12.0 Å². The Morgan fingerprint density at radius 2 is 1.94 bits per heavy atom. The lowest BCUT2D eigenvalue weighted by Gasteiger charge is -2.32. The van der Waals surface area contributed by atoms with E-state index in [9.17, 15) is 4.79 Å². The van der Waals surface area contributed by atoms with E-state index in [1.807, 2.05) is 31.2 Å². The number of rotatable bonds is 11. The number of amides is 1. The number of hydrogen-bond acceptors (Lipinski definition) is 7. The molecule has 10 nitrogen and oxygen atoms in total. The van der Waals surface area contributed by atoms with Gasteiger partial charge in [-0.05, 0) is 37.0 Å². The second kappa shape index (κ2) is 11.9. The van der Waals surface area contributed by atoms with Gasteiger partial charge in [0, 0.05) is 19.1 Å². The summed E-state index contributed by atoms with van der Waals surface area (Å²) < 4.78 is 5.18. The predicted octanol–water partition coefficient (Wildman–Crippen LogP) is 2.03. The number of nitrogens with one attached hydrogen (secondary N) is 2. The van der Waals surface area contributed by atoms with Crippen molar-refractivity contribution in [1.29, 1.82) is 5.41 Å². The monoisotopic (exact) mass is 462 g/mol. The van der Waals surface area contributed by atoms with Crippen LogP contribution in [0.1, 0.15) is 42.2 Å². The molecular weight excluding hydrogens is 432 g/mol. The molecule has 11 heteroatoms. The highest BCUT2D eigenvalue weighted by Crippen LogP contribution is 2.18. The van der Waals surface area contributed by atoms with Gasteiger partial charge in [0.2, 0.25) is 0 Å². The second-order valence-corrected chi connectivity index (χ2v) is 7.67. The van der Waals surface area contributed by atoms with Gasteiger partial charge in [-0.2, -0.15) is 0 Å². The Labute approximate surface area is 193 Å². The van der Waals surface area contributed by atoms with E-state index in [1.165, 1.54) is 5.56 Å². The van der Waals surface area contributed by atoms with Gasteiger partial charge in [-0.1, -0.05) is 37.1 Å². The smallest absolute Gasteiger partial charge is 0.273 e. The third kappa shape index (κ3) is 6.88. The van der Waals surface area contributed by atoms with E-state index in [0.29, 0.717) is 6.54 Å². The Kier molecular flexibility index (Phi) is 9.33. The fraction of sp³-hybridized carbons (Fsp3) is 0.429. The van der Waals surface area contributed by atoms with E-state index < -0.39 is 5.91 Å². The fourth-order valence-corrected chi connectivity index (χ4v) is 3.48. The summed E-state index contributed by atoms with van der Waals surface area (Å²) >= 11 is 5.86. The number of nitrogen functional groups attached to an aromatic ring is 2. The highest BCUT2D eigenvalue weighted by atomic mass is 35.5. The minimum Gasteiger partial charge on any atom is -0.497 e. The predicted molar refractivity (Wildman–Crippen MR) is 127 cm³/mol. The maximum atomic E-state index is 12.6. The first-order valence-corrected chi connectivity index (χ1v) is 10.7. The SMILES string of the molecule is CCC[C@@H](CNC(=O)c1nc(Cl)c(N)nc1N)N(CCCc1ccc(OC)cc1)C(=N)N. The molecule has 0 fully saturated rings. The molecule has 1 heterocycles. The van der Waals surface area contributed by atoms with Crippen LogP contribution in [-0.2, 0) is 6.42 Å². The lowest BCUT2D eigenvalue weighted by atomic mass is 10.1. The van der Waals surface area contributed by atoms with Gasteiger partial charge < -0.3 is 32.2 Å². The lowest BCUT2D eigenvalue weighted by Crippen LogP contribution is -2.50. The molecule has 1 atom stereocenters. The Bertz CT molecular complexity index is 923. The number of benzene rings is 1. The molecule has 2 rings (SSSR count). The van der Waals surface area contributed by atoms with Gasteiger partial charge in [-0.3, -0.25) is 10.2 Å². The largest absolute Gasteiger partial charge is 0.497 e. The van der Waals surface area contributed by atoms with Crippen molar-refractivity contribution >= 4 is 35.1 Å². The third-order valence-electron chi connectivity index (χ3n) is 5.01. The first-order valence-electron chi connectivity index (χ1n) is 10.4. The van der Waals surface area contributed by atoms with E-state index >= 15 is 0 Å². The Morgan fingerprint density at radius 3 is 2.53 bits per heavy atom. The van der Waals surface area contributed by atoms with Crippen LogP contribution in [0.5, 0.6) is 5.75 Å². The van der Waals surface area contributed by atoms with Gasteiger partial charge in [0.1, 0.15) is 5.75 Å². The summed E-state index contributed by atoms with van der Waals surface area (Å²) in [6.45, 7) is 2.88. The van der Waals surface area contributed by atoms with Crippen LogP contribution in [0.2, 0.25) is 5.15 Å². The number of carbonyl (C=O) groups excluding carboxylic acids is 1. The molecular formula is C21H31ClN8O2. The molecule has 0 spiro atoms. The van der Waals surface area contributed by atoms with Crippen LogP contribution in [0, 0.1) is 5.41 Å². The highest BCUT2D eigenvalue weighted by molar-refractivity contribution is 6.31. The molecule has 0 unspecified atom stereocenters. The van der Waals surface area contributed by atoms with Crippen molar-refractivity contribution in [3.05, 3.63) is 40.7 Å². The summed E-state index contributed by atoms with van der Waals surface area (Å²) in [4.78, 5) is 22.1. The molecule has 0 aliphatic carbocycles. The molecule has 2 aromatic rings. The van der Waals surface area contributed by atoms with E-state index in [-0.39, 0.29) is 41.0 Å². The van der Waals surface area contributed by atoms with Crippen molar-refractivity contribution in [1.82, 2.24) is 20.2 Å². The van der Waals surface area contributed by atoms with Crippen molar-refractivity contribution in [3.63, 3.8) is 0 Å². The van der Waals surface area contributed by atoms with Gasteiger partial charge in [0.05, 0.1) is 7.11 Å². The zero-order valence-electron chi connectivity index (χ0n) is 18.4. The van der Waals surface area contributed by atoms with Gasteiger partial charge in [-0.15, -0.1) is 0 Å². The number of carbonyl (C=O) groups is 1. The van der Waals surface area contributed by atoms with Crippen molar-refractivity contribution in [3.8, 4) is 5.75 Å². The average Bonchev–Trinajstić information content (AvgIpc) is 2.77. The molecule has 8 N–H and O–H groups in total. The number of aryl methyl sites for hydroxylation is 1. The zero-order chi connectivity index (χ0) is 23.7. The number of anilines is 2. The topological polar surface area (TPSA) is 169 Å². The van der Waals surface area contributed by atoms with Crippen LogP contribution in [0.15, 0.2) is 24.3 Å². The summed E-state index contributed by atoms with van der Waals surface area (Å²) in [5, 5.41) is 10.7. The number of ether oxygens (including phenoxy) is 1. The molecule has 0 radical (unpaired) electrons. The van der Waals surface area contributed by atoms with Gasteiger partial charge in [0.15, 0.2) is 28.4 Å². The number of hydrogen-bond donors (Lipinski definition) is 5. The Balaban J connectivity index is 2.00. The number of methoxy groups -OCH3 is 1. The Hall–Kier alpha value is -3.27. The molecule has 1 aromatic heterocycles. The van der Waals surface area contributed by atoms with E-state index in [0.717, 1.165) is 31.4 Å². The molecule has 1 amide bonds. The van der Waals surface area contributed by atoms with Crippen LogP contribution in [0.4, 0.5) is 11.6 Å². The molecule has 174 valence electrons. The van der Waals surface area contributed by atoms with Crippen LogP contribution in [-0.4, -0.2) is 53.0 Å². The number of nitrogens with two attached hydrogens (primary N) is 3. The minimum atomic E-state index is -0.514. The molecule has 0 saturated carbocycles. The van der Waals surface area contributed by atoms with Crippen LogP contribution < -0.4 is 27.3 Å². The van der Waals surface area contributed by atoms with Crippen LogP contribution in [0.25, 0.3) is 0 Å².